The number of fused-ring (bicyclic) bond motifs is 1. The Morgan fingerprint density at radius 2 is 1.96 bits per heavy atom. The van der Waals surface area contributed by atoms with Crippen molar-refractivity contribution in [3.8, 4) is 17.2 Å². The Labute approximate surface area is 156 Å². The highest BCUT2D eigenvalue weighted by molar-refractivity contribution is 5.99. The molecule has 0 aliphatic rings. The van der Waals surface area contributed by atoms with Crippen LogP contribution < -0.4 is 5.32 Å². The van der Waals surface area contributed by atoms with Crippen molar-refractivity contribution in [3.05, 3.63) is 66.4 Å². The molecule has 0 unspecified atom stereocenters. The van der Waals surface area contributed by atoms with Crippen molar-refractivity contribution >= 4 is 11.4 Å². The molecule has 0 fully saturated rings. The van der Waals surface area contributed by atoms with E-state index in [1.807, 2.05) is 53.3 Å². The molecule has 0 radical (unpaired) electrons. The summed E-state index contributed by atoms with van der Waals surface area (Å²) >= 11 is 0. The second kappa shape index (κ2) is 7.03. The van der Waals surface area contributed by atoms with Crippen molar-refractivity contribution in [1.82, 2.24) is 29.5 Å². The average molecular weight is 360 g/mol. The van der Waals surface area contributed by atoms with E-state index < -0.39 is 0 Å². The smallest absolute Gasteiger partial charge is 0.272 e. The van der Waals surface area contributed by atoms with Crippen molar-refractivity contribution in [1.29, 1.82) is 0 Å². The predicted octanol–water partition coefficient (Wildman–Crippen LogP) is 3.03. The lowest BCUT2D eigenvalue weighted by Gasteiger charge is -2.07. The average Bonchev–Trinajstić information content (AvgIpc) is 3.31. The van der Waals surface area contributed by atoms with Gasteiger partial charge < -0.3 is 5.32 Å². The molecule has 1 N–H and O–H groups in total. The van der Waals surface area contributed by atoms with Crippen LogP contribution in [0.1, 0.15) is 29.4 Å². The Morgan fingerprint density at radius 1 is 1.15 bits per heavy atom. The molecule has 1 amide bonds. The zero-order chi connectivity index (χ0) is 18.8. The van der Waals surface area contributed by atoms with Gasteiger partial charge in [0.1, 0.15) is 5.69 Å². The first-order valence-electron chi connectivity index (χ1n) is 8.90. The molecule has 0 saturated carbocycles. The molecule has 1 aromatic carbocycles. The molecular formula is C20H20N6O. The summed E-state index contributed by atoms with van der Waals surface area (Å²) in [6, 6.07) is 9.99. The molecule has 136 valence electrons. The van der Waals surface area contributed by atoms with Gasteiger partial charge in [0.05, 0.1) is 23.6 Å². The molecule has 3 heterocycles. The number of carbonyl (C=O) groups is 1. The lowest BCUT2D eigenvalue weighted by Crippen LogP contribution is -2.24. The number of aromatic nitrogens is 5. The monoisotopic (exact) mass is 360 g/mol. The van der Waals surface area contributed by atoms with Crippen LogP contribution in [-0.2, 0) is 0 Å². The molecule has 0 bridgehead atoms. The van der Waals surface area contributed by atoms with E-state index in [1.165, 1.54) is 5.56 Å². The summed E-state index contributed by atoms with van der Waals surface area (Å²) in [7, 11) is 0. The van der Waals surface area contributed by atoms with Crippen LogP contribution in [0.4, 0.5) is 0 Å². The molecule has 27 heavy (non-hydrogen) atoms. The van der Waals surface area contributed by atoms with Gasteiger partial charge in [-0.15, -0.1) is 0 Å². The van der Waals surface area contributed by atoms with Crippen LogP contribution in [0.3, 0.4) is 0 Å². The number of benzene rings is 1. The molecule has 7 heteroatoms. The minimum absolute atomic E-state index is 0.199. The van der Waals surface area contributed by atoms with E-state index in [1.54, 1.807) is 24.8 Å². The number of nitrogens with zero attached hydrogens (tertiary/aromatic N) is 5. The lowest BCUT2D eigenvalue weighted by molar-refractivity contribution is 0.0951. The van der Waals surface area contributed by atoms with Gasteiger partial charge in [0.15, 0.2) is 11.5 Å². The quantitative estimate of drug-likeness (QED) is 0.593. The summed E-state index contributed by atoms with van der Waals surface area (Å²) < 4.78 is 3.69. The summed E-state index contributed by atoms with van der Waals surface area (Å²) in [5.41, 5.74) is 3.94. The number of hydrogen-bond acceptors (Lipinski definition) is 4. The zero-order valence-electron chi connectivity index (χ0n) is 15.3. The van der Waals surface area contributed by atoms with Gasteiger partial charge >= 0.3 is 0 Å². The first kappa shape index (κ1) is 17.0. The third kappa shape index (κ3) is 3.08. The number of hydrogen-bond donors (Lipinski definition) is 1. The van der Waals surface area contributed by atoms with E-state index in [2.05, 4.69) is 20.4 Å². The highest BCUT2D eigenvalue weighted by Crippen LogP contribution is 2.24. The molecule has 0 aliphatic heterocycles. The molecular weight excluding hydrogens is 340 g/mol. The maximum atomic E-state index is 12.6. The molecule has 3 aromatic heterocycles. The summed E-state index contributed by atoms with van der Waals surface area (Å²) in [6.45, 7) is 4.66. The number of aryl methyl sites for hydroxylation is 1. The molecule has 0 atom stereocenters. The lowest BCUT2D eigenvalue weighted by atomic mass is 10.2. The summed E-state index contributed by atoms with van der Waals surface area (Å²) in [5.74, 6) is 0.446. The maximum Gasteiger partial charge on any atom is 0.272 e. The molecule has 4 aromatic rings. The van der Waals surface area contributed by atoms with Crippen LogP contribution >= 0.6 is 0 Å². The Kier molecular flexibility index (Phi) is 4.42. The molecule has 0 saturated heterocycles. The molecule has 4 rings (SSSR count). The number of rotatable bonds is 5. The fourth-order valence-electron chi connectivity index (χ4n) is 2.97. The summed E-state index contributed by atoms with van der Waals surface area (Å²) in [4.78, 5) is 21.4. The molecule has 7 nitrogen and oxygen atoms in total. The Morgan fingerprint density at radius 3 is 2.74 bits per heavy atom. The Balaban J connectivity index is 1.85. The van der Waals surface area contributed by atoms with Crippen LogP contribution in [0, 0.1) is 6.92 Å². The third-order valence-electron chi connectivity index (χ3n) is 4.35. The standard InChI is InChI=1S/C20H20N6O/c1-3-9-22-20(27)18-17-13-21-11-12-25(17)19(24-18)16-8-10-23-26(16)15-6-4-14(2)5-7-15/h4-8,10-13H,3,9H2,1-2H3,(H,22,27). The van der Waals surface area contributed by atoms with Crippen molar-refractivity contribution in [3.63, 3.8) is 0 Å². The van der Waals surface area contributed by atoms with E-state index in [-0.39, 0.29) is 5.91 Å². The minimum atomic E-state index is -0.199. The van der Waals surface area contributed by atoms with Crippen LogP contribution in [0.5, 0.6) is 0 Å². The fraction of sp³-hybridized carbons (Fsp3) is 0.200. The van der Waals surface area contributed by atoms with Crippen LogP contribution in [0.2, 0.25) is 0 Å². The maximum absolute atomic E-state index is 12.6. The van der Waals surface area contributed by atoms with Crippen LogP contribution in [-0.4, -0.2) is 36.6 Å². The van der Waals surface area contributed by atoms with Crippen molar-refractivity contribution in [2.24, 2.45) is 0 Å². The summed E-state index contributed by atoms with van der Waals surface area (Å²) in [6.07, 6.45) is 7.74. The molecule has 0 aliphatic carbocycles. The van der Waals surface area contributed by atoms with Gasteiger partial charge in [-0.05, 0) is 31.5 Å². The Hall–Kier alpha value is -3.48. The largest absolute Gasteiger partial charge is 0.351 e. The van der Waals surface area contributed by atoms with Gasteiger partial charge in [-0.1, -0.05) is 24.6 Å². The second-order valence-electron chi connectivity index (χ2n) is 6.34. The van der Waals surface area contributed by atoms with Gasteiger partial charge in [-0.25, -0.2) is 9.67 Å². The number of imidazole rings is 1. The summed E-state index contributed by atoms with van der Waals surface area (Å²) in [5, 5.41) is 7.34. The van der Waals surface area contributed by atoms with E-state index in [9.17, 15) is 4.79 Å². The third-order valence-corrected chi connectivity index (χ3v) is 4.35. The van der Waals surface area contributed by atoms with Crippen molar-refractivity contribution < 1.29 is 4.79 Å². The highest BCUT2D eigenvalue weighted by Gasteiger charge is 2.20. The number of amides is 1. The van der Waals surface area contributed by atoms with Gasteiger partial charge in [0.25, 0.3) is 5.91 Å². The van der Waals surface area contributed by atoms with Gasteiger partial charge in [-0.2, -0.15) is 5.10 Å². The van der Waals surface area contributed by atoms with E-state index in [0.717, 1.165) is 17.8 Å². The van der Waals surface area contributed by atoms with E-state index in [4.69, 9.17) is 0 Å². The van der Waals surface area contributed by atoms with Gasteiger partial charge in [-0.3, -0.25) is 14.2 Å². The topological polar surface area (TPSA) is 77.1 Å². The van der Waals surface area contributed by atoms with Crippen molar-refractivity contribution in [2.75, 3.05) is 6.54 Å². The van der Waals surface area contributed by atoms with Crippen LogP contribution in [0.25, 0.3) is 22.7 Å². The van der Waals surface area contributed by atoms with Crippen molar-refractivity contribution in [2.45, 2.75) is 20.3 Å². The Bertz CT molecular complexity index is 1090. The normalized spacial score (nSPS) is 11.0. The van der Waals surface area contributed by atoms with Crippen LogP contribution in [0.15, 0.2) is 55.1 Å². The highest BCUT2D eigenvalue weighted by atomic mass is 16.1. The predicted molar refractivity (Wildman–Crippen MR) is 103 cm³/mol. The van der Waals surface area contributed by atoms with Gasteiger partial charge in [0, 0.05) is 18.9 Å². The fourth-order valence-corrected chi connectivity index (χ4v) is 2.97. The number of nitrogens with one attached hydrogen (secondary N) is 1. The van der Waals surface area contributed by atoms with Gasteiger partial charge in [0.2, 0.25) is 0 Å². The van der Waals surface area contributed by atoms with E-state index >= 15 is 0 Å². The second-order valence-corrected chi connectivity index (χ2v) is 6.34. The minimum Gasteiger partial charge on any atom is -0.351 e. The SMILES string of the molecule is CCCNC(=O)c1nc(-c2ccnn2-c2ccc(C)cc2)n2ccncc12. The zero-order valence-corrected chi connectivity index (χ0v) is 15.3. The molecule has 0 spiro atoms. The number of carbonyl (C=O) groups excluding carboxylic acids is 1. The first-order chi connectivity index (χ1) is 13.2. The van der Waals surface area contributed by atoms with E-state index in [0.29, 0.717) is 23.6 Å². The first-order valence-corrected chi connectivity index (χ1v) is 8.90.